The van der Waals surface area contributed by atoms with E-state index in [1.165, 1.54) is 10.6 Å². The molecule has 1 fully saturated rings. The molecule has 2 rings (SSSR count). The molecule has 0 unspecified atom stereocenters. The van der Waals surface area contributed by atoms with Gasteiger partial charge in [-0.3, -0.25) is 14.7 Å². The summed E-state index contributed by atoms with van der Waals surface area (Å²) >= 11 is 0. The van der Waals surface area contributed by atoms with Crippen molar-refractivity contribution in [2.24, 2.45) is 0 Å². The first-order chi connectivity index (χ1) is 12.9. The van der Waals surface area contributed by atoms with Gasteiger partial charge in [-0.25, -0.2) is 12.7 Å². The summed E-state index contributed by atoms with van der Waals surface area (Å²) in [6.07, 6.45) is 5.59. The molecule has 0 spiro atoms. The monoisotopic (exact) mass is 398 g/mol. The van der Waals surface area contributed by atoms with Gasteiger partial charge in [0.25, 0.3) is 0 Å². The molecule has 2 heterocycles. The maximum absolute atomic E-state index is 12.4. The summed E-state index contributed by atoms with van der Waals surface area (Å²) in [5, 5.41) is 0. The van der Waals surface area contributed by atoms with Crippen molar-refractivity contribution in [2.45, 2.75) is 12.8 Å². The molecule has 27 heavy (non-hydrogen) atoms. The lowest BCUT2D eigenvalue weighted by Gasteiger charge is -2.29. The van der Waals surface area contributed by atoms with Crippen LogP contribution in [0.25, 0.3) is 0 Å². The molecule has 1 aromatic rings. The van der Waals surface area contributed by atoms with Gasteiger partial charge in [-0.05, 0) is 24.1 Å². The number of carbonyl (C=O) groups excluding carboxylic acids is 1. The summed E-state index contributed by atoms with van der Waals surface area (Å²) in [7, 11) is -1.59. The highest BCUT2D eigenvalue weighted by Crippen LogP contribution is 2.05. The second kappa shape index (κ2) is 10.7. The third-order valence-corrected chi connectivity index (χ3v) is 6.03. The molecule has 1 aromatic heterocycles. The van der Waals surface area contributed by atoms with Gasteiger partial charge >= 0.3 is 0 Å². The van der Waals surface area contributed by atoms with Gasteiger partial charge in [0.15, 0.2) is 0 Å². The molecule has 1 saturated heterocycles. The Balaban J connectivity index is 1.77. The minimum atomic E-state index is -3.34. The minimum Gasteiger partial charge on any atom is -0.379 e. The number of hydrogen-bond acceptors (Lipinski definition) is 6. The van der Waals surface area contributed by atoms with Crippen LogP contribution in [0.15, 0.2) is 24.5 Å². The average Bonchev–Trinajstić information content (AvgIpc) is 2.66. The van der Waals surface area contributed by atoms with Crippen LogP contribution in [0.5, 0.6) is 0 Å². The van der Waals surface area contributed by atoms with Crippen molar-refractivity contribution in [2.75, 3.05) is 65.8 Å². The highest BCUT2D eigenvalue weighted by molar-refractivity contribution is 7.88. The largest absolute Gasteiger partial charge is 0.379 e. The standard InChI is InChI=1S/C18H30N4O4S/c1-20(9-5-17-3-7-19-8-4-17)18(23)6-10-22(27(2,24)25)12-11-21-13-15-26-16-14-21/h3-4,7-8H,5-6,9-16H2,1-2H3. The first-order valence-electron chi connectivity index (χ1n) is 9.24. The van der Waals surface area contributed by atoms with Crippen molar-refractivity contribution in [1.29, 1.82) is 0 Å². The molecular weight excluding hydrogens is 368 g/mol. The number of carbonyl (C=O) groups is 1. The van der Waals surface area contributed by atoms with E-state index in [2.05, 4.69) is 9.88 Å². The van der Waals surface area contributed by atoms with Crippen LogP contribution in [0, 0.1) is 0 Å². The number of aromatic nitrogens is 1. The highest BCUT2D eigenvalue weighted by Gasteiger charge is 2.20. The number of sulfonamides is 1. The minimum absolute atomic E-state index is 0.0518. The molecule has 152 valence electrons. The van der Waals surface area contributed by atoms with E-state index in [1.807, 2.05) is 12.1 Å². The van der Waals surface area contributed by atoms with Gasteiger partial charge in [0, 0.05) is 65.1 Å². The smallest absolute Gasteiger partial charge is 0.223 e. The van der Waals surface area contributed by atoms with E-state index in [0.717, 1.165) is 25.1 Å². The van der Waals surface area contributed by atoms with Crippen LogP contribution in [-0.2, 0) is 26.0 Å². The van der Waals surface area contributed by atoms with E-state index in [0.29, 0.717) is 32.8 Å². The second-order valence-electron chi connectivity index (χ2n) is 6.79. The Morgan fingerprint density at radius 3 is 2.48 bits per heavy atom. The van der Waals surface area contributed by atoms with Gasteiger partial charge in [-0.2, -0.15) is 0 Å². The van der Waals surface area contributed by atoms with E-state index in [1.54, 1.807) is 24.3 Å². The van der Waals surface area contributed by atoms with Crippen molar-refractivity contribution in [3.63, 3.8) is 0 Å². The molecule has 0 radical (unpaired) electrons. The quantitative estimate of drug-likeness (QED) is 0.555. The molecule has 1 aliphatic rings. The number of nitrogens with zero attached hydrogens (tertiary/aromatic N) is 4. The SMILES string of the molecule is CN(CCc1ccncc1)C(=O)CCN(CCN1CCOCC1)S(C)(=O)=O. The lowest BCUT2D eigenvalue weighted by atomic mass is 10.2. The average molecular weight is 399 g/mol. The molecule has 0 atom stereocenters. The predicted octanol–water partition coefficient (Wildman–Crippen LogP) is 0.0664. The highest BCUT2D eigenvalue weighted by atomic mass is 32.2. The van der Waals surface area contributed by atoms with Gasteiger partial charge in [0.05, 0.1) is 19.5 Å². The Morgan fingerprint density at radius 1 is 1.19 bits per heavy atom. The number of morpholine rings is 1. The molecule has 0 saturated carbocycles. The molecule has 0 aliphatic carbocycles. The lowest BCUT2D eigenvalue weighted by molar-refractivity contribution is -0.130. The van der Waals surface area contributed by atoms with Crippen LogP contribution in [0.3, 0.4) is 0 Å². The Morgan fingerprint density at radius 2 is 1.85 bits per heavy atom. The van der Waals surface area contributed by atoms with E-state index in [-0.39, 0.29) is 18.9 Å². The molecule has 0 N–H and O–H groups in total. The first kappa shape index (κ1) is 21.7. The number of likely N-dealkylation sites (N-methyl/N-ethyl adjacent to an activating group) is 1. The van der Waals surface area contributed by atoms with Crippen LogP contribution in [0.4, 0.5) is 0 Å². The van der Waals surface area contributed by atoms with Crippen molar-refractivity contribution < 1.29 is 17.9 Å². The first-order valence-corrected chi connectivity index (χ1v) is 11.1. The maximum atomic E-state index is 12.4. The predicted molar refractivity (Wildman–Crippen MR) is 104 cm³/mol. The normalized spacial score (nSPS) is 15.8. The zero-order valence-corrected chi connectivity index (χ0v) is 17.0. The van der Waals surface area contributed by atoms with Gasteiger partial charge < -0.3 is 9.64 Å². The van der Waals surface area contributed by atoms with Gasteiger partial charge in [-0.1, -0.05) is 0 Å². The Labute approximate surface area is 162 Å². The number of amides is 1. The van der Waals surface area contributed by atoms with Crippen LogP contribution in [0.1, 0.15) is 12.0 Å². The summed E-state index contributed by atoms with van der Waals surface area (Å²) in [5.41, 5.74) is 1.12. The van der Waals surface area contributed by atoms with Gasteiger partial charge in [0.1, 0.15) is 0 Å². The van der Waals surface area contributed by atoms with Crippen molar-refractivity contribution in [1.82, 2.24) is 19.1 Å². The summed E-state index contributed by atoms with van der Waals surface area (Å²) in [4.78, 5) is 20.2. The summed E-state index contributed by atoms with van der Waals surface area (Å²) in [6, 6.07) is 3.85. The van der Waals surface area contributed by atoms with Gasteiger partial charge in [0.2, 0.25) is 15.9 Å². The summed E-state index contributed by atoms with van der Waals surface area (Å²) in [5.74, 6) is -0.0518. The summed E-state index contributed by atoms with van der Waals surface area (Å²) in [6.45, 7) is 4.84. The fourth-order valence-corrected chi connectivity index (χ4v) is 3.74. The van der Waals surface area contributed by atoms with Crippen LogP contribution in [-0.4, -0.2) is 99.2 Å². The molecular formula is C18H30N4O4S. The van der Waals surface area contributed by atoms with Crippen molar-refractivity contribution in [3.05, 3.63) is 30.1 Å². The molecule has 1 amide bonds. The number of ether oxygens (including phenoxy) is 1. The van der Waals surface area contributed by atoms with E-state index in [4.69, 9.17) is 4.74 Å². The fraction of sp³-hybridized carbons (Fsp3) is 0.667. The van der Waals surface area contributed by atoms with Crippen LogP contribution >= 0.6 is 0 Å². The molecule has 0 bridgehead atoms. The fourth-order valence-electron chi connectivity index (χ4n) is 2.90. The Bertz CT molecular complexity index is 678. The number of pyridine rings is 1. The molecule has 8 nitrogen and oxygen atoms in total. The van der Waals surface area contributed by atoms with Crippen molar-refractivity contribution >= 4 is 15.9 Å². The zero-order chi connectivity index (χ0) is 19.7. The van der Waals surface area contributed by atoms with E-state index in [9.17, 15) is 13.2 Å². The third kappa shape index (κ3) is 7.92. The second-order valence-corrected chi connectivity index (χ2v) is 8.77. The van der Waals surface area contributed by atoms with Crippen molar-refractivity contribution in [3.8, 4) is 0 Å². The number of hydrogen-bond donors (Lipinski definition) is 0. The maximum Gasteiger partial charge on any atom is 0.223 e. The topological polar surface area (TPSA) is 83.1 Å². The van der Waals surface area contributed by atoms with Gasteiger partial charge in [-0.15, -0.1) is 0 Å². The van der Waals surface area contributed by atoms with Crippen LogP contribution in [0.2, 0.25) is 0 Å². The Kier molecular flexibility index (Phi) is 8.62. The lowest BCUT2D eigenvalue weighted by Crippen LogP contribution is -2.43. The summed E-state index contributed by atoms with van der Waals surface area (Å²) < 4.78 is 30.8. The van der Waals surface area contributed by atoms with Crippen LogP contribution < -0.4 is 0 Å². The Hall–Kier alpha value is -1.55. The molecule has 0 aromatic carbocycles. The molecule has 1 aliphatic heterocycles. The number of rotatable bonds is 10. The third-order valence-electron chi connectivity index (χ3n) is 4.72. The van der Waals surface area contributed by atoms with E-state index >= 15 is 0 Å². The zero-order valence-electron chi connectivity index (χ0n) is 16.2. The molecule has 9 heteroatoms. The van der Waals surface area contributed by atoms with E-state index < -0.39 is 10.0 Å².